The molecule has 2 atom stereocenters. The van der Waals surface area contributed by atoms with E-state index in [2.05, 4.69) is 117 Å². The molecule has 2 unspecified atom stereocenters. The molecule has 8 rings (SSSR count). The van der Waals surface area contributed by atoms with Crippen LogP contribution in [0.2, 0.25) is 0 Å². The van der Waals surface area contributed by atoms with Crippen LogP contribution in [0.15, 0.2) is 91.1 Å². The zero-order valence-electron chi connectivity index (χ0n) is 29.2. The molecule has 1 aliphatic rings. The van der Waals surface area contributed by atoms with Crippen LogP contribution < -0.4 is 4.74 Å². The first-order valence-corrected chi connectivity index (χ1v) is 16.9. The fraction of sp³-hybridized carbons (Fsp3) is 0.250. The summed E-state index contributed by atoms with van der Waals surface area (Å²) in [5, 5.41) is 2.20. The number of para-hydroxylation sites is 3. The van der Waals surface area contributed by atoms with Gasteiger partial charge in [-0.3, -0.25) is 0 Å². The monoisotopic (exact) mass is 786 g/mol. The molecular formula is C40H36N4OPt-2. The Morgan fingerprint density at radius 3 is 2.41 bits per heavy atom. The van der Waals surface area contributed by atoms with E-state index in [1.165, 1.54) is 15.7 Å². The number of rotatable bonds is 4. The van der Waals surface area contributed by atoms with Crippen LogP contribution in [0.1, 0.15) is 73.3 Å². The number of imidazole rings is 1. The maximum atomic E-state index is 8.30. The third-order valence-electron chi connectivity index (χ3n) is 9.39. The van der Waals surface area contributed by atoms with Crippen LogP contribution in [-0.4, -0.2) is 18.7 Å². The summed E-state index contributed by atoms with van der Waals surface area (Å²) in [6, 6.07) is 35.7. The summed E-state index contributed by atoms with van der Waals surface area (Å²) in [7, 11) is 0. The number of hydrogen-bond donors (Lipinski definition) is 0. The van der Waals surface area contributed by atoms with Crippen molar-refractivity contribution in [1.29, 1.82) is 0 Å². The van der Waals surface area contributed by atoms with E-state index < -0.39 is 6.98 Å². The molecule has 3 aromatic heterocycles. The Kier molecular flexibility index (Phi) is 6.17. The molecule has 3 heterocycles. The Morgan fingerprint density at radius 1 is 0.870 bits per heavy atom. The van der Waals surface area contributed by atoms with Crippen molar-refractivity contribution in [2.24, 2.45) is 6.98 Å². The first kappa shape index (κ1) is 25.9. The second-order valence-corrected chi connectivity index (χ2v) is 14.3. The second kappa shape index (κ2) is 11.0. The molecule has 0 saturated carbocycles. The number of ether oxygens (including phenoxy) is 1. The van der Waals surface area contributed by atoms with Crippen LogP contribution in [0.3, 0.4) is 0 Å². The molecule has 0 fully saturated rings. The fourth-order valence-corrected chi connectivity index (χ4v) is 7.87. The molecule has 4 aromatic carbocycles. The van der Waals surface area contributed by atoms with Crippen molar-refractivity contribution in [2.75, 3.05) is 0 Å². The molecule has 0 spiro atoms. The minimum atomic E-state index is -2.30. The molecule has 0 N–H and O–H groups in total. The summed E-state index contributed by atoms with van der Waals surface area (Å²) < 4.78 is 37.9. The van der Waals surface area contributed by atoms with E-state index in [1.807, 2.05) is 42.6 Å². The van der Waals surface area contributed by atoms with Crippen molar-refractivity contribution in [2.45, 2.75) is 57.9 Å². The first-order chi connectivity index (χ1) is 23.4. The standard InChI is InChI=1S/C40H36N4O.Pt/c1-26-14-19-34(43-25-42(5)36-12-8-9-13-37(36)43)33-23-28(15-17-30(26)33)45-29-16-18-32-31-10-6-7-11-35(31)44(38(32)24-29)39-22-27(20-21-41-39)40(2,3)4;/h6-13,15-18,20-22,26,34H,14,19H2,1-5H3;/q-2;/i5D3;. The quantitative estimate of drug-likeness (QED) is 0.167. The van der Waals surface area contributed by atoms with E-state index in [9.17, 15) is 0 Å². The molecule has 5 nitrogen and oxygen atoms in total. The number of hydrogen-bond acceptors (Lipinski definition) is 2. The van der Waals surface area contributed by atoms with E-state index in [0.29, 0.717) is 26.7 Å². The summed E-state index contributed by atoms with van der Waals surface area (Å²) in [5.74, 6) is 2.37. The molecule has 0 radical (unpaired) electrons. The molecular weight excluding hydrogens is 748 g/mol. The molecule has 46 heavy (non-hydrogen) atoms. The third kappa shape index (κ3) is 4.71. The van der Waals surface area contributed by atoms with Gasteiger partial charge in [-0.2, -0.15) is 0 Å². The Morgan fingerprint density at radius 2 is 1.61 bits per heavy atom. The van der Waals surface area contributed by atoms with Gasteiger partial charge in [0.05, 0.1) is 0 Å². The molecule has 234 valence electrons. The van der Waals surface area contributed by atoms with Crippen LogP contribution >= 0.6 is 0 Å². The summed E-state index contributed by atoms with van der Waals surface area (Å²) in [4.78, 5) is 4.80. The molecule has 0 amide bonds. The van der Waals surface area contributed by atoms with Gasteiger partial charge in [-0.25, -0.2) is 4.98 Å². The summed E-state index contributed by atoms with van der Waals surface area (Å²) in [6.07, 6.45) is 3.73. The van der Waals surface area contributed by atoms with Crippen molar-refractivity contribution in [3.8, 4) is 17.3 Å². The van der Waals surface area contributed by atoms with Gasteiger partial charge >= 0.3 is 206 Å². The molecule has 0 saturated heterocycles. The number of aromatic nitrogens is 4. The zero-order chi connectivity index (χ0) is 34.2. The summed E-state index contributed by atoms with van der Waals surface area (Å²) in [6.45, 7) is 6.57. The molecule has 1 aliphatic carbocycles. The van der Waals surface area contributed by atoms with Gasteiger partial charge in [-0.15, -0.1) is 0 Å². The van der Waals surface area contributed by atoms with Gasteiger partial charge in [0.1, 0.15) is 0 Å². The molecule has 7 aromatic rings. The van der Waals surface area contributed by atoms with Gasteiger partial charge in [0.2, 0.25) is 0 Å². The van der Waals surface area contributed by atoms with E-state index >= 15 is 0 Å². The molecule has 0 bridgehead atoms. The third-order valence-corrected chi connectivity index (χ3v) is 10.4. The molecule has 0 aliphatic heterocycles. The average molecular weight is 787 g/mol. The van der Waals surface area contributed by atoms with Crippen molar-refractivity contribution in [3.63, 3.8) is 0 Å². The number of pyridine rings is 1. The maximum absolute atomic E-state index is 8.30. The van der Waals surface area contributed by atoms with Gasteiger partial charge in [-0.1, -0.05) is 39.0 Å². The van der Waals surface area contributed by atoms with Crippen LogP contribution in [0.25, 0.3) is 38.7 Å². The average Bonchev–Trinajstić information content (AvgIpc) is 3.56. The van der Waals surface area contributed by atoms with Crippen LogP contribution in [0, 0.1) is 15.9 Å². The van der Waals surface area contributed by atoms with Crippen LogP contribution in [0.4, 0.5) is 0 Å². The predicted molar refractivity (Wildman–Crippen MR) is 181 cm³/mol. The Balaban J connectivity index is 1.24. The predicted octanol–water partition coefficient (Wildman–Crippen LogP) is 9.73. The zero-order valence-corrected chi connectivity index (χ0v) is 28.5. The van der Waals surface area contributed by atoms with E-state index in [0.717, 1.165) is 51.5 Å². The number of nitrogens with zero attached hydrogens (tertiary/aromatic N) is 4. The van der Waals surface area contributed by atoms with Gasteiger partial charge in [-0.05, 0) is 29.2 Å². The first-order valence-electron chi connectivity index (χ1n) is 17.2. The Hall–Kier alpha value is -4.21. The van der Waals surface area contributed by atoms with E-state index in [1.54, 1.807) is 0 Å². The minimum absolute atomic E-state index is 0.0237. The number of benzene rings is 4. The van der Waals surface area contributed by atoms with Gasteiger partial charge in [0, 0.05) is 6.20 Å². The van der Waals surface area contributed by atoms with Gasteiger partial charge in [0.25, 0.3) is 0 Å². The summed E-state index contributed by atoms with van der Waals surface area (Å²) in [5.41, 5.74) is 6.97. The van der Waals surface area contributed by atoms with Crippen molar-refractivity contribution >= 4 is 32.8 Å². The van der Waals surface area contributed by atoms with Crippen LogP contribution in [-0.2, 0) is 31.7 Å². The Labute approximate surface area is 284 Å². The fourth-order valence-electron chi connectivity index (χ4n) is 6.97. The van der Waals surface area contributed by atoms with Crippen molar-refractivity contribution in [1.82, 2.24) is 18.7 Å². The SMILES string of the molecule is [2H]C([2H])([2H])n1[c](=[Pt])n(C2CCC(C)c3ccc(Oc4[c-]c5c(cc4)c4ccccc4n5-c4cc(C(C)(C)C)ccn4)[c-]c32)c2ccccc21. The van der Waals surface area contributed by atoms with Gasteiger partial charge in [0.15, 0.2) is 0 Å². The van der Waals surface area contributed by atoms with Gasteiger partial charge < -0.3 is 0 Å². The van der Waals surface area contributed by atoms with Crippen LogP contribution in [0.5, 0.6) is 11.5 Å². The second-order valence-electron chi connectivity index (χ2n) is 13.3. The Bertz CT molecular complexity index is 2460. The normalized spacial score (nSPS) is 18.0. The van der Waals surface area contributed by atoms with Crippen molar-refractivity contribution < 1.29 is 28.2 Å². The summed E-state index contributed by atoms with van der Waals surface area (Å²) >= 11 is 2.17. The number of aryl methyl sites for hydroxylation is 1. The topological polar surface area (TPSA) is 36.9 Å². The van der Waals surface area contributed by atoms with E-state index in [4.69, 9.17) is 13.8 Å². The van der Waals surface area contributed by atoms with Crippen molar-refractivity contribution in [3.05, 3.63) is 124 Å². The van der Waals surface area contributed by atoms with E-state index in [-0.39, 0.29) is 11.5 Å². The molecule has 6 heteroatoms. The number of fused-ring (bicyclic) bond motifs is 5.